The average Bonchev–Trinajstić information content (AvgIpc) is 2.50. The minimum atomic E-state index is -0.605. The first kappa shape index (κ1) is 15.2. The van der Waals surface area contributed by atoms with E-state index in [0.717, 1.165) is 18.9 Å². The molecule has 1 heterocycles. The van der Waals surface area contributed by atoms with Gasteiger partial charge in [-0.1, -0.05) is 31.9 Å². The number of rotatable bonds is 6. The summed E-state index contributed by atoms with van der Waals surface area (Å²) in [5.74, 6) is -0.844. The van der Waals surface area contributed by atoms with Crippen molar-refractivity contribution < 1.29 is 13.9 Å². The second-order valence-corrected chi connectivity index (χ2v) is 4.86. The molecule has 2 rings (SSSR count). The van der Waals surface area contributed by atoms with Crippen LogP contribution < -0.4 is 4.74 Å². The number of nitrogens with zero attached hydrogens (tertiary/aromatic N) is 1. The molecule has 0 saturated carbocycles. The van der Waals surface area contributed by atoms with Crippen molar-refractivity contribution in [1.29, 1.82) is 0 Å². The Labute approximate surface area is 123 Å². The summed E-state index contributed by atoms with van der Waals surface area (Å²) < 4.78 is 17.8. The Bertz CT molecular complexity index is 579. The highest BCUT2D eigenvalue weighted by atomic mass is 19.1. The molecule has 0 aliphatic rings. The molecule has 0 unspecified atom stereocenters. The lowest BCUT2D eigenvalue weighted by Gasteiger charge is -2.05. The molecule has 3 nitrogen and oxygen atoms in total. The third-order valence-electron chi connectivity index (χ3n) is 3.17. The van der Waals surface area contributed by atoms with E-state index in [9.17, 15) is 9.18 Å². The predicted molar refractivity (Wildman–Crippen MR) is 78.8 cm³/mol. The lowest BCUT2D eigenvalue weighted by Crippen LogP contribution is -2.08. The van der Waals surface area contributed by atoms with Gasteiger partial charge in [0.2, 0.25) is 5.95 Å². The number of benzene rings is 1. The molecular weight excluding hydrogens is 269 g/mol. The van der Waals surface area contributed by atoms with E-state index in [1.165, 1.54) is 30.7 Å². The number of pyridine rings is 1. The highest BCUT2D eigenvalue weighted by molar-refractivity contribution is 5.91. The molecular formula is C17H18FNO2. The minimum absolute atomic E-state index is 0.230. The van der Waals surface area contributed by atoms with Gasteiger partial charge in [-0.3, -0.25) is 0 Å². The lowest BCUT2D eigenvalue weighted by molar-refractivity contribution is 0.0734. The van der Waals surface area contributed by atoms with Crippen molar-refractivity contribution in [1.82, 2.24) is 4.98 Å². The van der Waals surface area contributed by atoms with E-state index in [-0.39, 0.29) is 5.75 Å². The molecule has 0 N–H and O–H groups in total. The fraction of sp³-hybridized carbons (Fsp3) is 0.294. The molecule has 21 heavy (non-hydrogen) atoms. The summed E-state index contributed by atoms with van der Waals surface area (Å²) in [5.41, 5.74) is 1.68. The van der Waals surface area contributed by atoms with Crippen LogP contribution in [-0.2, 0) is 6.42 Å². The molecule has 1 aromatic carbocycles. The van der Waals surface area contributed by atoms with Gasteiger partial charge in [0, 0.05) is 0 Å². The number of unbranched alkanes of at least 4 members (excludes halogenated alkanes) is 2. The van der Waals surface area contributed by atoms with Crippen LogP contribution in [0.2, 0.25) is 0 Å². The van der Waals surface area contributed by atoms with Gasteiger partial charge in [-0.25, -0.2) is 9.78 Å². The summed E-state index contributed by atoms with van der Waals surface area (Å²) in [6.07, 6.45) is 5.76. The van der Waals surface area contributed by atoms with Gasteiger partial charge in [0.05, 0.1) is 11.8 Å². The van der Waals surface area contributed by atoms with Crippen LogP contribution in [0, 0.1) is 5.95 Å². The fourth-order valence-corrected chi connectivity index (χ4v) is 1.98. The number of carbonyl (C=O) groups excluding carboxylic acids is 1. The van der Waals surface area contributed by atoms with Crippen LogP contribution in [-0.4, -0.2) is 11.0 Å². The molecule has 0 saturated heterocycles. The van der Waals surface area contributed by atoms with E-state index < -0.39 is 11.9 Å². The number of aromatic nitrogens is 1. The largest absolute Gasteiger partial charge is 0.421 e. The first-order valence-electron chi connectivity index (χ1n) is 7.11. The summed E-state index contributed by atoms with van der Waals surface area (Å²) in [7, 11) is 0. The predicted octanol–water partition coefficient (Wildman–Crippen LogP) is 4.17. The van der Waals surface area contributed by atoms with Gasteiger partial charge in [0.15, 0.2) is 0 Å². The number of esters is 1. The van der Waals surface area contributed by atoms with Crippen molar-refractivity contribution in [2.45, 2.75) is 32.6 Å². The maximum atomic E-state index is 12.7. The van der Waals surface area contributed by atoms with Crippen molar-refractivity contribution >= 4 is 5.97 Å². The number of aryl methyl sites for hydroxylation is 1. The zero-order chi connectivity index (χ0) is 15.1. The summed E-state index contributed by atoms with van der Waals surface area (Å²) in [6.45, 7) is 2.17. The molecule has 0 amide bonds. The fourth-order valence-electron chi connectivity index (χ4n) is 1.98. The maximum absolute atomic E-state index is 12.7. The second kappa shape index (κ2) is 7.53. The van der Waals surface area contributed by atoms with E-state index in [4.69, 9.17) is 4.74 Å². The number of hydrogen-bond acceptors (Lipinski definition) is 3. The van der Waals surface area contributed by atoms with E-state index in [2.05, 4.69) is 11.9 Å². The number of hydrogen-bond donors (Lipinski definition) is 0. The molecule has 0 spiro atoms. The van der Waals surface area contributed by atoms with Gasteiger partial charge in [0.1, 0.15) is 5.75 Å². The second-order valence-electron chi connectivity index (χ2n) is 4.86. The zero-order valence-electron chi connectivity index (χ0n) is 12.0. The summed E-state index contributed by atoms with van der Waals surface area (Å²) in [5, 5.41) is 0. The van der Waals surface area contributed by atoms with Crippen molar-refractivity contribution in [2.75, 3.05) is 0 Å². The first-order valence-corrected chi connectivity index (χ1v) is 7.11. The standard InChI is InChI=1S/C17H18FNO2/c1-2-3-4-5-13-6-8-14(9-7-13)17(20)21-15-10-11-16(18)19-12-15/h6-12H,2-5H2,1H3. The molecule has 0 bridgehead atoms. The lowest BCUT2D eigenvalue weighted by atomic mass is 10.1. The summed E-state index contributed by atoms with van der Waals surface area (Å²) in [6, 6.07) is 9.91. The molecule has 0 atom stereocenters. The van der Waals surface area contributed by atoms with Crippen molar-refractivity contribution in [3.8, 4) is 5.75 Å². The van der Waals surface area contributed by atoms with E-state index in [1.807, 2.05) is 12.1 Å². The van der Waals surface area contributed by atoms with E-state index in [1.54, 1.807) is 12.1 Å². The molecule has 4 heteroatoms. The van der Waals surface area contributed by atoms with Crippen LogP contribution in [0.4, 0.5) is 4.39 Å². The Morgan fingerprint density at radius 2 is 1.90 bits per heavy atom. The normalized spacial score (nSPS) is 10.4. The van der Waals surface area contributed by atoms with Crippen LogP contribution >= 0.6 is 0 Å². The first-order chi connectivity index (χ1) is 10.2. The third-order valence-corrected chi connectivity index (χ3v) is 3.17. The van der Waals surface area contributed by atoms with Crippen LogP contribution in [0.5, 0.6) is 5.75 Å². The Balaban J connectivity index is 1.94. The van der Waals surface area contributed by atoms with E-state index >= 15 is 0 Å². The molecule has 1 aromatic heterocycles. The molecule has 110 valence electrons. The zero-order valence-corrected chi connectivity index (χ0v) is 12.0. The van der Waals surface area contributed by atoms with Gasteiger partial charge in [0.25, 0.3) is 0 Å². The Hall–Kier alpha value is -2.23. The molecule has 0 aliphatic heterocycles. The van der Waals surface area contributed by atoms with Crippen LogP contribution in [0.15, 0.2) is 42.6 Å². The third kappa shape index (κ3) is 4.67. The van der Waals surface area contributed by atoms with Gasteiger partial charge >= 0.3 is 5.97 Å². The minimum Gasteiger partial charge on any atom is -0.421 e. The van der Waals surface area contributed by atoms with Gasteiger partial charge < -0.3 is 4.74 Å². The van der Waals surface area contributed by atoms with Crippen LogP contribution in [0.25, 0.3) is 0 Å². The number of ether oxygens (including phenoxy) is 1. The van der Waals surface area contributed by atoms with Gasteiger partial charge in [-0.2, -0.15) is 4.39 Å². The monoisotopic (exact) mass is 287 g/mol. The highest BCUT2D eigenvalue weighted by Gasteiger charge is 2.08. The van der Waals surface area contributed by atoms with E-state index in [0.29, 0.717) is 5.56 Å². The van der Waals surface area contributed by atoms with Crippen molar-refractivity contribution in [3.63, 3.8) is 0 Å². The SMILES string of the molecule is CCCCCc1ccc(C(=O)Oc2ccc(F)nc2)cc1. The smallest absolute Gasteiger partial charge is 0.343 e. The summed E-state index contributed by atoms with van der Waals surface area (Å²) in [4.78, 5) is 15.4. The van der Waals surface area contributed by atoms with Crippen molar-refractivity contribution in [3.05, 3.63) is 59.7 Å². The molecule has 0 aliphatic carbocycles. The summed E-state index contributed by atoms with van der Waals surface area (Å²) >= 11 is 0. The quantitative estimate of drug-likeness (QED) is 0.454. The van der Waals surface area contributed by atoms with Gasteiger partial charge in [-0.05, 0) is 42.7 Å². The number of carbonyl (C=O) groups is 1. The van der Waals surface area contributed by atoms with Gasteiger partial charge in [-0.15, -0.1) is 0 Å². The van der Waals surface area contributed by atoms with Crippen LogP contribution in [0.1, 0.15) is 42.1 Å². The Morgan fingerprint density at radius 3 is 2.52 bits per heavy atom. The van der Waals surface area contributed by atoms with Crippen molar-refractivity contribution in [2.24, 2.45) is 0 Å². The number of halogens is 1. The van der Waals surface area contributed by atoms with Crippen LogP contribution in [0.3, 0.4) is 0 Å². The highest BCUT2D eigenvalue weighted by Crippen LogP contribution is 2.13. The maximum Gasteiger partial charge on any atom is 0.343 e. The Kier molecular flexibility index (Phi) is 5.43. The molecule has 0 radical (unpaired) electrons. The Morgan fingerprint density at radius 1 is 1.14 bits per heavy atom. The topological polar surface area (TPSA) is 39.2 Å². The average molecular weight is 287 g/mol. The molecule has 0 fully saturated rings. The molecule has 2 aromatic rings.